The molecule has 0 fully saturated rings. The summed E-state index contributed by atoms with van der Waals surface area (Å²) in [5.74, 6) is 2.08. The summed E-state index contributed by atoms with van der Waals surface area (Å²) >= 11 is 0. The lowest BCUT2D eigenvalue weighted by molar-refractivity contribution is 0.0460. The number of benzene rings is 2. The van der Waals surface area contributed by atoms with Crippen LogP contribution in [0.5, 0.6) is 0 Å². The van der Waals surface area contributed by atoms with Gasteiger partial charge in [-0.2, -0.15) is 4.72 Å². The smallest absolute Gasteiger partial charge is 0.338 e. The van der Waals surface area contributed by atoms with Crippen LogP contribution in [0.1, 0.15) is 16.2 Å². The van der Waals surface area contributed by atoms with Crippen LogP contribution in [0.25, 0.3) is 5.69 Å². The summed E-state index contributed by atoms with van der Waals surface area (Å²) < 4.78 is 33.6. The van der Waals surface area contributed by atoms with Gasteiger partial charge in [0.15, 0.2) is 5.82 Å². The van der Waals surface area contributed by atoms with E-state index in [0.717, 1.165) is 5.69 Å². The number of hydrogen-bond acceptors (Lipinski definition) is 5. The van der Waals surface area contributed by atoms with E-state index < -0.39 is 16.0 Å². The molecule has 0 aliphatic carbocycles. The van der Waals surface area contributed by atoms with E-state index in [2.05, 4.69) is 15.6 Å². The van der Waals surface area contributed by atoms with Gasteiger partial charge in [-0.1, -0.05) is 30.2 Å². The first-order valence-electron chi connectivity index (χ1n) is 8.29. The normalized spacial score (nSPS) is 11.0. The second-order valence-corrected chi connectivity index (χ2v) is 7.45. The molecular weight excluding hydrogens is 378 g/mol. The molecule has 3 rings (SSSR count). The van der Waals surface area contributed by atoms with Gasteiger partial charge >= 0.3 is 5.97 Å². The molecule has 2 aromatic carbocycles. The Kier molecular flexibility index (Phi) is 5.89. The van der Waals surface area contributed by atoms with Gasteiger partial charge in [0.25, 0.3) is 0 Å². The van der Waals surface area contributed by atoms with Gasteiger partial charge in [-0.3, -0.25) is 0 Å². The highest BCUT2D eigenvalue weighted by molar-refractivity contribution is 7.89. The zero-order valence-electron chi connectivity index (χ0n) is 14.8. The van der Waals surface area contributed by atoms with Gasteiger partial charge in [0, 0.05) is 18.1 Å². The van der Waals surface area contributed by atoms with Gasteiger partial charge in [-0.15, -0.1) is 6.42 Å². The quantitative estimate of drug-likeness (QED) is 0.489. The van der Waals surface area contributed by atoms with E-state index in [-0.39, 0.29) is 23.6 Å². The van der Waals surface area contributed by atoms with Gasteiger partial charge in [0.1, 0.15) is 6.61 Å². The number of esters is 1. The molecule has 1 heterocycles. The topological polar surface area (TPSA) is 90.3 Å². The number of aromatic nitrogens is 2. The molecule has 142 valence electrons. The Morgan fingerprint density at radius 1 is 1.18 bits per heavy atom. The highest BCUT2D eigenvalue weighted by Gasteiger charge is 2.17. The molecule has 0 atom stereocenters. The molecule has 8 heteroatoms. The molecule has 0 aliphatic rings. The lowest BCUT2D eigenvalue weighted by atomic mass is 10.2. The largest absolute Gasteiger partial charge is 0.454 e. The molecule has 0 spiro atoms. The minimum absolute atomic E-state index is 0.0625. The van der Waals surface area contributed by atoms with E-state index in [9.17, 15) is 13.2 Å². The van der Waals surface area contributed by atoms with Crippen LogP contribution < -0.4 is 4.72 Å². The van der Waals surface area contributed by atoms with Crippen molar-refractivity contribution in [3.63, 3.8) is 0 Å². The summed E-state index contributed by atoms with van der Waals surface area (Å²) in [6.45, 7) is -0.202. The first kappa shape index (κ1) is 19.4. The first-order chi connectivity index (χ1) is 13.5. The molecule has 0 amide bonds. The van der Waals surface area contributed by atoms with Crippen LogP contribution in [0, 0.1) is 12.3 Å². The van der Waals surface area contributed by atoms with Crippen LogP contribution >= 0.6 is 0 Å². The van der Waals surface area contributed by atoms with Gasteiger partial charge in [0.2, 0.25) is 10.0 Å². The molecule has 0 unspecified atom stereocenters. The van der Waals surface area contributed by atoms with Crippen LogP contribution in [0.2, 0.25) is 0 Å². The average molecular weight is 395 g/mol. The van der Waals surface area contributed by atoms with Crippen LogP contribution in [0.4, 0.5) is 0 Å². The molecule has 7 nitrogen and oxygen atoms in total. The molecule has 0 aliphatic heterocycles. The van der Waals surface area contributed by atoms with Crippen molar-refractivity contribution in [2.75, 3.05) is 6.54 Å². The third kappa shape index (κ3) is 4.46. The molecule has 28 heavy (non-hydrogen) atoms. The van der Waals surface area contributed by atoms with Crippen molar-refractivity contribution in [1.82, 2.24) is 14.3 Å². The molecule has 3 aromatic rings. The van der Waals surface area contributed by atoms with Gasteiger partial charge in [0.05, 0.1) is 17.0 Å². The fourth-order valence-electron chi connectivity index (χ4n) is 2.49. The first-order valence-corrected chi connectivity index (χ1v) is 9.77. The van der Waals surface area contributed by atoms with Crippen molar-refractivity contribution >= 4 is 16.0 Å². The number of imidazole rings is 1. The number of nitrogens with one attached hydrogen (secondary N) is 1. The maximum absolute atomic E-state index is 12.4. The Balaban J connectivity index is 1.73. The summed E-state index contributed by atoms with van der Waals surface area (Å²) in [4.78, 5) is 16.5. The molecule has 1 N–H and O–H groups in total. The Hall–Kier alpha value is -3.41. The molecular formula is C20H17N3O4S. The van der Waals surface area contributed by atoms with Crippen molar-refractivity contribution in [1.29, 1.82) is 0 Å². The van der Waals surface area contributed by atoms with Crippen LogP contribution in [-0.2, 0) is 21.4 Å². The lowest BCUT2D eigenvalue weighted by Gasteiger charge is -2.09. The minimum atomic E-state index is -3.80. The minimum Gasteiger partial charge on any atom is -0.454 e. The number of nitrogens with zero attached hydrogens (tertiary/aromatic N) is 2. The van der Waals surface area contributed by atoms with Crippen molar-refractivity contribution in [2.24, 2.45) is 0 Å². The Morgan fingerprint density at radius 3 is 2.71 bits per heavy atom. The van der Waals surface area contributed by atoms with E-state index in [4.69, 9.17) is 11.2 Å². The summed E-state index contributed by atoms with van der Waals surface area (Å²) in [5, 5.41) is 0. The SMILES string of the molecule is C#CCNS(=O)(=O)c1cccc(C(=O)OCc2nccn2-c2ccccc2)c1. The second-order valence-electron chi connectivity index (χ2n) is 5.68. The summed E-state index contributed by atoms with van der Waals surface area (Å²) in [5.41, 5.74) is 1.00. The van der Waals surface area contributed by atoms with E-state index in [1.54, 1.807) is 17.0 Å². The number of para-hydroxylation sites is 1. The Labute approximate surface area is 163 Å². The van der Waals surface area contributed by atoms with Crippen molar-refractivity contribution < 1.29 is 17.9 Å². The number of sulfonamides is 1. The number of carbonyl (C=O) groups is 1. The highest BCUT2D eigenvalue weighted by atomic mass is 32.2. The average Bonchev–Trinajstić information content (AvgIpc) is 3.20. The van der Waals surface area contributed by atoms with Crippen LogP contribution in [0.15, 0.2) is 71.9 Å². The monoisotopic (exact) mass is 395 g/mol. The third-order valence-electron chi connectivity index (χ3n) is 3.83. The van der Waals surface area contributed by atoms with Crippen molar-refractivity contribution in [2.45, 2.75) is 11.5 Å². The number of terminal acetylenes is 1. The molecule has 0 saturated carbocycles. The van der Waals surface area contributed by atoms with E-state index in [0.29, 0.717) is 5.82 Å². The third-order valence-corrected chi connectivity index (χ3v) is 5.23. The number of carbonyl (C=O) groups excluding carboxylic acids is 1. The molecule has 0 bridgehead atoms. The molecule has 0 radical (unpaired) electrons. The van der Waals surface area contributed by atoms with Crippen LogP contribution in [0.3, 0.4) is 0 Å². The molecule has 0 saturated heterocycles. The predicted octanol–water partition coefficient (Wildman–Crippen LogP) is 2.14. The van der Waals surface area contributed by atoms with Crippen molar-refractivity contribution in [3.8, 4) is 18.0 Å². The maximum Gasteiger partial charge on any atom is 0.338 e. The Bertz CT molecular complexity index is 1120. The zero-order chi connectivity index (χ0) is 20.0. The summed E-state index contributed by atoms with van der Waals surface area (Å²) in [7, 11) is -3.80. The molecule has 1 aromatic heterocycles. The number of rotatable bonds is 7. The van der Waals surface area contributed by atoms with E-state index in [1.807, 2.05) is 30.3 Å². The highest BCUT2D eigenvalue weighted by Crippen LogP contribution is 2.14. The predicted molar refractivity (Wildman–Crippen MR) is 103 cm³/mol. The maximum atomic E-state index is 12.4. The second kappa shape index (κ2) is 8.52. The number of hydrogen-bond donors (Lipinski definition) is 1. The van der Waals surface area contributed by atoms with Crippen molar-refractivity contribution in [3.05, 3.63) is 78.4 Å². The lowest BCUT2D eigenvalue weighted by Crippen LogP contribution is -2.24. The van der Waals surface area contributed by atoms with Gasteiger partial charge < -0.3 is 9.30 Å². The fourth-order valence-corrected chi connectivity index (χ4v) is 3.47. The summed E-state index contributed by atoms with van der Waals surface area (Å²) in [6, 6.07) is 15.1. The van der Waals surface area contributed by atoms with Gasteiger partial charge in [-0.25, -0.2) is 18.2 Å². The standard InChI is InChI=1S/C20H17N3O4S/c1-2-11-22-28(25,26)18-10-6-7-16(14-18)20(24)27-15-19-21-12-13-23(19)17-8-4-3-5-9-17/h1,3-10,12-14,22H,11,15H2. The van der Waals surface area contributed by atoms with E-state index in [1.165, 1.54) is 24.3 Å². The van der Waals surface area contributed by atoms with Gasteiger partial charge in [-0.05, 0) is 30.3 Å². The van der Waals surface area contributed by atoms with E-state index >= 15 is 0 Å². The fraction of sp³-hybridized carbons (Fsp3) is 0.100. The zero-order valence-corrected chi connectivity index (χ0v) is 15.6. The summed E-state index contributed by atoms with van der Waals surface area (Å²) in [6.07, 6.45) is 8.45. The number of ether oxygens (including phenoxy) is 1. The Morgan fingerprint density at radius 2 is 1.96 bits per heavy atom. The van der Waals surface area contributed by atoms with Crippen LogP contribution in [-0.4, -0.2) is 30.5 Å².